The number of hydrogen-bond acceptors (Lipinski definition) is 3. The summed E-state index contributed by atoms with van der Waals surface area (Å²) in [6.45, 7) is 11.0. The van der Waals surface area contributed by atoms with E-state index < -0.39 is 5.97 Å². The predicted molar refractivity (Wildman–Crippen MR) is 98.3 cm³/mol. The Morgan fingerprint density at radius 3 is 2.71 bits per heavy atom. The first-order valence-electron chi connectivity index (χ1n) is 8.63. The minimum Gasteiger partial charge on any atom is -0.395 e. The molecule has 0 spiro atoms. The molecule has 0 aromatic heterocycles. The van der Waals surface area contributed by atoms with Gasteiger partial charge in [-0.2, -0.15) is 0 Å². The van der Waals surface area contributed by atoms with Crippen molar-refractivity contribution in [2.75, 3.05) is 0 Å². The summed E-state index contributed by atoms with van der Waals surface area (Å²) >= 11 is 0. The lowest BCUT2D eigenvalue weighted by Gasteiger charge is -2.32. The molecular formula is C21H30O3. The molecule has 1 aliphatic carbocycles. The number of carbonyl (C=O) groups is 2. The summed E-state index contributed by atoms with van der Waals surface area (Å²) in [7, 11) is 0. The predicted octanol–water partition coefficient (Wildman–Crippen LogP) is 5.30. The van der Waals surface area contributed by atoms with Gasteiger partial charge in [-0.25, -0.2) is 0 Å². The molecule has 3 nitrogen and oxygen atoms in total. The fourth-order valence-corrected chi connectivity index (χ4v) is 3.11. The molecule has 0 radical (unpaired) electrons. The standard InChI is InChI=1S/C21H30O3/c1-16(8-6-9-17(2)14-20(23)24-15-22)11-12-19-18(3)10-7-13-21(19,4)5/h6,8-9,11-12,15,17H,7,10,13-14H2,1-5H3/b9-6+,12-11+,16-8-. The molecule has 3 heteroatoms. The summed E-state index contributed by atoms with van der Waals surface area (Å²) in [6.07, 6.45) is 14.2. The molecule has 24 heavy (non-hydrogen) atoms. The minimum atomic E-state index is -0.496. The van der Waals surface area contributed by atoms with E-state index in [1.807, 2.05) is 25.2 Å². The minimum absolute atomic E-state index is 0.0349. The van der Waals surface area contributed by atoms with Crippen LogP contribution in [-0.2, 0) is 14.3 Å². The van der Waals surface area contributed by atoms with Crippen molar-refractivity contribution in [2.45, 2.75) is 60.3 Å². The van der Waals surface area contributed by atoms with E-state index >= 15 is 0 Å². The second-order valence-corrected chi connectivity index (χ2v) is 7.33. The molecule has 0 amide bonds. The van der Waals surface area contributed by atoms with Crippen LogP contribution in [0.15, 0.2) is 47.1 Å². The lowest BCUT2D eigenvalue weighted by Crippen LogP contribution is -2.19. The lowest BCUT2D eigenvalue weighted by atomic mass is 9.72. The Morgan fingerprint density at radius 2 is 2.08 bits per heavy atom. The maximum Gasteiger partial charge on any atom is 0.313 e. The van der Waals surface area contributed by atoms with Gasteiger partial charge in [-0.3, -0.25) is 9.59 Å². The van der Waals surface area contributed by atoms with E-state index in [9.17, 15) is 9.59 Å². The molecule has 0 N–H and O–H groups in total. The van der Waals surface area contributed by atoms with Crippen molar-refractivity contribution in [1.82, 2.24) is 0 Å². The van der Waals surface area contributed by atoms with Gasteiger partial charge in [-0.15, -0.1) is 0 Å². The van der Waals surface area contributed by atoms with E-state index in [2.05, 4.69) is 44.6 Å². The number of ether oxygens (including phenoxy) is 1. The van der Waals surface area contributed by atoms with Crippen LogP contribution >= 0.6 is 0 Å². The van der Waals surface area contributed by atoms with Crippen LogP contribution < -0.4 is 0 Å². The SMILES string of the molecule is CC1=C(/C=C/C(C)=C\C=C\C(C)CC(=O)OC=O)C(C)(C)CCC1. The van der Waals surface area contributed by atoms with Crippen LogP contribution in [0, 0.1) is 11.3 Å². The van der Waals surface area contributed by atoms with E-state index in [0.29, 0.717) is 0 Å². The van der Waals surface area contributed by atoms with Gasteiger partial charge in [0.2, 0.25) is 0 Å². The molecule has 0 fully saturated rings. The molecule has 0 aromatic carbocycles. The van der Waals surface area contributed by atoms with Crippen molar-refractivity contribution < 1.29 is 14.3 Å². The largest absolute Gasteiger partial charge is 0.395 e. The maximum absolute atomic E-state index is 11.2. The van der Waals surface area contributed by atoms with Crippen molar-refractivity contribution in [3.8, 4) is 0 Å². The monoisotopic (exact) mass is 330 g/mol. The molecule has 0 saturated carbocycles. The highest BCUT2D eigenvalue weighted by Gasteiger charge is 2.26. The third kappa shape index (κ3) is 6.69. The molecule has 1 aliphatic rings. The highest BCUT2D eigenvalue weighted by atomic mass is 16.6. The van der Waals surface area contributed by atoms with Crippen LogP contribution in [0.1, 0.15) is 60.3 Å². The molecule has 1 atom stereocenters. The van der Waals surface area contributed by atoms with Gasteiger partial charge in [0.05, 0.1) is 6.42 Å². The van der Waals surface area contributed by atoms with Crippen molar-refractivity contribution in [3.05, 3.63) is 47.1 Å². The van der Waals surface area contributed by atoms with E-state index in [1.54, 1.807) is 0 Å². The zero-order valence-electron chi connectivity index (χ0n) is 15.6. The molecule has 0 saturated heterocycles. The third-order valence-electron chi connectivity index (χ3n) is 4.52. The zero-order chi connectivity index (χ0) is 18.2. The quantitative estimate of drug-likeness (QED) is 0.275. The molecule has 1 unspecified atom stereocenters. The van der Waals surface area contributed by atoms with Gasteiger partial charge < -0.3 is 4.74 Å². The van der Waals surface area contributed by atoms with Crippen LogP contribution in [0.2, 0.25) is 0 Å². The summed E-state index contributed by atoms with van der Waals surface area (Å²) in [6, 6.07) is 0. The molecule has 1 rings (SSSR count). The van der Waals surface area contributed by atoms with Gasteiger partial charge in [0.15, 0.2) is 0 Å². The molecule has 132 valence electrons. The molecule has 0 heterocycles. The van der Waals surface area contributed by atoms with Gasteiger partial charge >= 0.3 is 12.4 Å². The van der Waals surface area contributed by atoms with Crippen LogP contribution in [0.4, 0.5) is 0 Å². The van der Waals surface area contributed by atoms with Crippen LogP contribution in [0.25, 0.3) is 0 Å². The van der Waals surface area contributed by atoms with Gasteiger partial charge in [-0.1, -0.05) is 62.3 Å². The second-order valence-electron chi connectivity index (χ2n) is 7.33. The fraction of sp³-hybridized carbons (Fsp3) is 0.524. The van der Waals surface area contributed by atoms with Gasteiger partial charge in [0.25, 0.3) is 0 Å². The van der Waals surface area contributed by atoms with Crippen molar-refractivity contribution in [2.24, 2.45) is 11.3 Å². The summed E-state index contributed by atoms with van der Waals surface area (Å²) in [5.41, 5.74) is 4.36. The number of rotatable bonds is 7. The number of allylic oxidation sites excluding steroid dienone is 8. The van der Waals surface area contributed by atoms with Gasteiger partial charge in [0.1, 0.15) is 0 Å². The average Bonchev–Trinajstić information content (AvgIpc) is 2.46. The van der Waals surface area contributed by atoms with E-state index in [1.165, 1.54) is 30.4 Å². The highest BCUT2D eigenvalue weighted by molar-refractivity contribution is 5.76. The fourth-order valence-electron chi connectivity index (χ4n) is 3.11. The van der Waals surface area contributed by atoms with Crippen molar-refractivity contribution >= 4 is 12.4 Å². The Kier molecular flexibility index (Phi) is 7.90. The van der Waals surface area contributed by atoms with Gasteiger partial charge in [0, 0.05) is 0 Å². The number of hydrogen-bond donors (Lipinski definition) is 0. The second kappa shape index (κ2) is 9.41. The smallest absolute Gasteiger partial charge is 0.313 e. The zero-order valence-corrected chi connectivity index (χ0v) is 15.6. The highest BCUT2D eigenvalue weighted by Crippen LogP contribution is 2.40. The number of esters is 1. The Labute approximate surface area is 146 Å². The summed E-state index contributed by atoms with van der Waals surface area (Å²) in [5.74, 6) is -0.461. The summed E-state index contributed by atoms with van der Waals surface area (Å²) < 4.78 is 4.29. The Bertz CT molecular complexity index is 574. The first-order valence-corrected chi connectivity index (χ1v) is 8.63. The van der Waals surface area contributed by atoms with E-state index in [4.69, 9.17) is 0 Å². The van der Waals surface area contributed by atoms with Crippen LogP contribution in [-0.4, -0.2) is 12.4 Å². The Hall–Kier alpha value is -1.90. The van der Waals surface area contributed by atoms with Gasteiger partial charge in [-0.05, 0) is 50.0 Å². The van der Waals surface area contributed by atoms with E-state index in [-0.39, 0.29) is 24.2 Å². The first kappa shape index (κ1) is 20.1. The first-order chi connectivity index (χ1) is 11.3. The van der Waals surface area contributed by atoms with E-state index in [0.717, 1.165) is 5.57 Å². The summed E-state index contributed by atoms with van der Waals surface area (Å²) in [5, 5.41) is 0. The Morgan fingerprint density at radius 1 is 1.38 bits per heavy atom. The topological polar surface area (TPSA) is 43.4 Å². The normalized spacial score (nSPS) is 19.8. The van der Waals surface area contributed by atoms with Crippen molar-refractivity contribution in [3.63, 3.8) is 0 Å². The molecular weight excluding hydrogens is 300 g/mol. The van der Waals surface area contributed by atoms with Crippen molar-refractivity contribution in [1.29, 1.82) is 0 Å². The molecule has 0 bridgehead atoms. The maximum atomic E-state index is 11.2. The number of carbonyl (C=O) groups excluding carboxylic acids is 2. The van der Waals surface area contributed by atoms with Crippen LogP contribution in [0.3, 0.4) is 0 Å². The Balaban J connectivity index is 2.65. The lowest BCUT2D eigenvalue weighted by molar-refractivity contribution is -0.151. The third-order valence-corrected chi connectivity index (χ3v) is 4.52. The average molecular weight is 330 g/mol. The molecule has 0 aliphatic heterocycles. The molecule has 0 aromatic rings. The van der Waals surface area contributed by atoms with Crippen LogP contribution in [0.5, 0.6) is 0 Å². The summed E-state index contributed by atoms with van der Waals surface area (Å²) in [4.78, 5) is 21.3.